The summed E-state index contributed by atoms with van der Waals surface area (Å²) in [7, 11) is 0. The van der Waals surface area contributed by atoms with E-state index in [1.807, 2.05) is 0 Å². The van der Waals surface area contributed by atoms with Crippen molar-refractivity contribution < 1.29 is 19.7 Å². The number of anilines is 3. The highest BCUT2D eigenvalue weighted by Crippen LogP contribution is 2.40. The minimum absolute atomic E-state index is 0.208. The first kappa shape index (κ1) is 17.3. The summed E-state index contributed by atoms with van der Waals surface area (Å²) in [6, 6.07) is 2.73. The first-order valence-corrected chi connectivity index (χ1v) is 9.18. The van der Waals surface area contributed by atoms with E-state index < -0.39 is 11.8 Å². The summed E-state index contributed by atoms with van der Waals surface area (Å²) in [6.45, 7) is 0. The summed E-state index contributed by atoms with van der Waals surface area (Å²) in [5.74, 6) is -1.19. The van der Waals surface area contributed by atoms with E-state index in [9.17, 15) is 14.3 Å². The number of carboxylic acids is 1. The number of nitrogens with two attached hydrogens (primary N) is 2. The van der Waals surface area contributed by atoms with Crippen molar-refractivity contribution in [1.82, 2.24) is 9.97 Å². The van der Waals surface area contributed by atoms with Gasteiger partial charge in [0.2, 0.25) is 0 Å². The summed E-state index contributed by atoms with van der Waals surface area (Å²) in [5.41, 5.74) is 7.76. The van der Waals surface area contributed by atoms with Gasteiger partial charge in [-0.25, -0.2) is 14.4 Å². The van der Waals surface area contributed by atoms with Crippen molar-refractivity contribution in [3.8, 4) is 0 Å². The van der Waals surface area contributed by atoms with Gasteiger partial charge in [0.15, 0.2) is 6.21 Å². The molecule has 1 aliphatic carbocycles. The van der Waals surface area contributed by atoms with Crippen molar-refractivity contribution in [2.75, 3.05) is 11.1 Å². The Morgan fingerprint density at radius 1 is 1.44 bits per heavy atom. The van der Waals surface area contributed by atoms with Crippen LogP contribution in [0, 0.1) is 11.7 Å². The molecule has 138 valence electrons. The maximum Gasteiger partial charge on any atom is 0.306 e. The Morgan fingerprint density at radius 2 is 2.26 bits per heavy atom. The number of hydrogen-bond donors (Lipinski definition) is 4. The van der Waals surface area contributed by atoms with Crippen LogP contribution in [0.25, 0.3) is 10.2 Å². The van der Waals surface area contributed by atoms with E-state index in [-0.39, 0.29) is 17.3 Å². The number of nitrogens with one attached hydrogen (secondary N) is 1. The van der Waals surface area contributed by atoms with Crippen LogP contribution in [0.5, 0.6) is 0 Å². The Morgan fingerprint density at radius 3 is 3.00 bits per heavy atom. The second-order valence-corrected chi connectivity index (χ2v) is 7.52. The fourth-order valence-electron chi connectivity index (χ4n) is 3.39. The highest BCUT2D eigenvalue weighted by molar-refractivity contribution is 7.19. The molecular formula is C18H17FN5O2S+. The molecule has 0 saturated carbocycles. The Kier molecular flexibility index (Phi) is 4.23. The number of fused-ring (bicyclic) bond motifs is 3. The molecule has 9 heteroatoms. The predicted octanol–water partition coefficient (Wildman–Crippen LogP) is 1.52. The quantitative estimate of drug-likeness (QED) is 0.398. The van der Waals surface area contributed by atoms with Gasteiger partial charge in [-0.1, -0.05) is 0 Å². The molecule has 2 aromatic heterocycles. The Bertz CT molecular complexity index is 1080. The first-order valence-electron chi connectivity index (χ1n) is 8.37. The lowest BCUT2D eigenvalue weighted by Gasteiger charge is -2.18. The molecule has 7 nitrogen and oxygen atoms in total. The predicted molar refractivity (Wildman–Crippen MR) is 102 cm³/mol. The SMILES string of the molecule is Nc1cc(F)c(Nc2ncnc3sc4c(c23)CC[C@H](C(=O)O)C4)cc1C=[NH2+]. The third-order valence-electron chi connectivity index (χ3n) is 4.80. The molecule has 0 amide bonds. The molecule has 1 aromatic carbocycles. The molecular weight excluding hydrogens is 369 g/mol. The second-order valence-electron chi connectivity index (χ2n) is 6.44. The number of benzene rings is 1. The van der Waals surface area contributed by atoms with Crippen molar-refractivity contribution in [3.63, 3.8) is 0 Å². The third kappa shape index (κ3) is 2.99. The lowest BCUT2D eigenvalue weighted by molar-refractivity contribution is -0.142. The molecule has 0 bridgehead atoms. The van der Waals surface area contributed by atoms with Crippen LogP contribution in [-0.4, -0.2) is 27.3 Å². The molecule has 4 rings (SSSR count). The van der Waals surface area contributed by atoms with Gasteiger partial charge < -0.3 is 16.2 Å². The van der Waals surface area contributed by atoms with Crippen LogP contribution in [-0.2, 0) is 17.6 Å². The normalized spacial score (nSPS) is 16.1. The number of nitrogen functional groups attached to an aromatic ring is 1. The minimum Gasteiger partial charge on any atom is -0.481 e. The molecule has 0 radical (unpaired) electrons. The number of nitrogens with zero attached hydrogens (tertiary/aromatic N) is 2. The fraction of sp³-hybridized carbons (Fsp3) is 0.222. The summed E-state index contributed by atoms with van der Waals surface area (Å²) >= 11 is 1.47. The van der Waals surface area contributed by atoms with Crippen molar-refractivity contribution in [1.29, 1.82) is 0 Å². The summed E-state index contributed by atoms with van der Waals surface area (Å²) in [5, 5.41) is 18.7. The number of carboxylic acid groups (broad SMARTS) is 1. The molecule has 0 saturated heterocycles. The highest BCUT2D eigenvalue weighted by atomic mass is 32.1. The maximum absolute atomic E-state index is 14.4. The number of thiophene rings is 1. The largest absolute Gasteiger partial charge is 0.481 e. The number of aryl methyl sites for hydroxylation is 1. The number of carbonyl (C=O) groups is 1. The van der Waals surface area contributed by atoms with Crippen LogP contribution in [0.1, 0.15) is 22.4 Å². The molecule has 1 aliphatic rings. The Labute approximate surface area is 157 Å². The number of hydrogen-bond acceptors (Lipinski definition) is 6. The van der Waals surface area contributed by atoms with Crippen molar-refractivity contribution in [2.45, 2.75) is 19.3 Å². The smallest absolute Gasteiger partial charge is 0.306 e. The van der Waals surface area contributed by atoms with Crippen LogP contribution in [0.2, 0.25) is 0 Å². The number of rotatable bonds is 4. The van der Waals surface area contributed by atoms with Gasteiger partial charge >= 0.3 is 5.97 Å². The standard InChI is InChI=1S/C18H16FN5O2S/c19-11-5-12(21)9(6-20)3-13(11)24-16-15-10-2-1-8(18(25)26)4-14(10)27-17(15)23-7-22-16/h3,5-8,20H,1-2,4,21H2,(H,25,26)(H,22,23,24)/p+1/t8-/m0/s1. The van der Waals surface area contributed by atoms with Crippen molar-refractivity contribution in [3.05, 3.63) is 40.3 Å². The van der Waals surface area contributed by atoms with Gasteiger partial charge in [0.1, 0.15) is 22.8 Å². The number of halogens is 1. The zero-order valence-corrected chi connectivity index (χ0v) is 15.0. The molecule has 0 fully saturated rings. The molecule has 0 aliphatic heterocycles. The molecule has 6 N–H and O–H groups in total. The van der Waals surface area contributed by atoms with E-state index in [1.165, 1.54) is 36.0 Å². The molecule has 3 aromatic rings. The van der Waals surface area contributed by atoms with Crippen LogP contribution in [0.3, 0.4) is 0 Å². The summed E-state index contributed by atoms with van der Waals surface area (Å²) in [6.07, 6.45) is 4.39. The van der Waals surface area contributed by atoms with Crippen molar-refractivity contribution in [2.24, 2.45) is 5.92 Å². The van der Waals surface area contributed by atoms with Crippen molar-refractivity contribution >= 4 is 50.9 Å². The van der Waals surface area contributed by atoms with E-state index in [2.05, 4.69) is 15.3 Å². The molecule has 0 unspecified atom stereocenters. The minimum atomic E-state index is -0.781. The van der Waals surface area contributed by atoms with E-state index in [0.29, 0.717) is 30.6 Å². The molecule has 27 heavy (non-hydrogen) atoms. The zero-order valence-electron chi connectivity index (χ0n) is 14.2. The summed E-state index contributed by atoms with van der Waals surface area (Å²) < 4.78 is 14.4. The lowest BCUT2D eigenvalue weighted by atomic mass is 9.88. The molecule has 1 atom stereocenters. The highest BCUT2D eigenvalue weighted by Gasteiger charge is 2.29. The van der Waals surface area contributed by atoms with E-state index in [1.54, 1.807) is 0 Å². The van der Waals surface area contributed by atoms with Crippen LogP contribution >= 0.6 is 11.3 Å². The van der Waals surface area contributed by atoms with E-state index in [0.717, 1.165) is 20.7 Å². The maximum atomic E-state index is 14.4. The van der Waals surface area contributed by atoms with Crippen LogP contribution in [0.15, 0.2) is 18.5 Å². The van der Waals surface area contributed by atoms with Gasteiger partial charge in [0, 0.05) is 10.6 Å². The third-order valence-corrected chi connectivity index (χ3v) is 5.96. The van der Waals surface area contributed by atoms with Gasteiger partial charge in [-0.3, -0.25) is 10.2 Å². The monoisotopic (exact) mass is 386 g/mol. The van der Waals surface area contributed by atoms with Gasteiger partial charge in [-0.05, 0) is 37.0 Å². The molecule has 2 heterocycles. The van der Waals surface area contributed by atoms with Gasteiger partial charge in [0.25, 0.3) is 0 Å². The average Bonchev–Trinajstić information content (AvgIpc) is 3.02. The Balaban J connectivity index is 1.78. The number of aliphatic carboxylic acids is 1. The fourth-order valence-corrected chi connectivity index (χ4v) is 4.66. The van der Waals surface area contributed by atoms with E-state index in [4.69, 9.17) is 11.1 Å². The second kappa shape index (κ2) is 6.58. The topological polar surface area (TPSA) is 127 Å². The number of aromatic nitrogens is 2. The van der Waals surface area contributed by atoms with E-state index >= 15 is 0 Å². The van der Waals surface area contributed by atoms with Gasteiger partial charge in [-0.2, -0.15) is 0 Å². The van der Waals surface area contributed by atoms with Crippen LogP contribution in [0.4, 0.5) is 21.6 Å². The van der Waals surface area contributed by atoms with Gasteiger partial charge in [0.05, 0.1) is 22.6 Å². The summed E-state index contributed by atoms with van der Waals surface area (Å²) in [4.78, 5) is 21.7. The zero-order chi connectivity index (χ0) is 19.1. The Hall–Kier alpha value is -3.07. The molecule has 0 spiro atoms. The van der Waals surface area contributed by atoms with Gasteiger partial charge in [-0.15, -0.1) is 11.3 Å². The average molecular weight is 386 g/mol. The lowest BCUT2D eigenvalue weighted by Crippen LogP contribution is -2.30. The first-order chi connectivity index (χ1) is 13.0. The van der Waals surface area contributed by atoms with Crippen LogP contribution < -0.4 is 16.5 Å².